The van der Waals surface area contributed by atoms with Gasteiger partial charge in [0, 0.05) is 17.0 Å². The van der Waals surface area contributed by atoms with Crippen molar-refractivity contribution in [2.75, 3.05) is 0 Å². The Morgan fingerprint density at radius 1 is 1.21 bits per heavy atom. The minimum absolute atomic E-state index is 0.0688. The molecule has 0 unspecified atom stereocenters. The molecular formula is C11H7NOS. The molecule has 3 heteroatoms. The van der Waals surface area contributed by atoms with Gasteiger partial charge in [0.1, 0.15) is 4.83 Å². The molecule has 0 bridgehead atoms. The number of rotatable bonds is 0. The fourth-order valence-electron chi connectivity index (χ4n) is 1.64. The molecule has 0 saturated carbocycles. The molecule has 68 valence electrons. The van der Waals surface area contributed by atoms with Crippen LogP contribution in [-0.4, -0.2) is 4.40 Å². The van der Waals surface area contributed by atoms with Crippen LogP contribution < -0.4 is 5.56 Å². The van der Waals surface area contributed by atoms with Gasteiger partial charge in [0.25, 0.3) is 5.56 Å². The van der Waals surface area contributed by atoms with Crippen LogP contribution in [0.5, 0.6) is 0 Å². The zero-order valence-corrected chi connectivity index (χ0v) is 8.12. The van der Waals surface area contributed by atoms with Crippen molar-refractivity contribution in [3.63, 3.8) is 0 Å². The number of benzene rings is 1. The van der Waals surface area contributed by atoms with E-state index in [-0.39, 0.29) is 5.56 Å². The van der Waals surface area contributed by atoms with Crippen molar-refractivity contribution in [3.05, 3.63) is 52.3 Å². The van der Waals surface area contributed by atoms with E-state index in [1.807, 2.05) is 41.9 Å². The molecule has 14 heavy (non-hydrogen) atoms. The van der Waals surface area contributed by atoms with E-state index in [9.17, 15) is 4.79 Å². The van der Waals surface area contributed by atoms with E-state index in [2.05, 4.69) is 0 Å². The van der Waals surface area contributed by atoms with Crippen molar-refractivity contribution in [1.29, 1.82) is 0 Å². The van der Waals surface area contributed by atoms with E-state index in [1.54, 1.807) is 15.7 Å². The topological polar surface area (TPSA) is 21.5 Å². The molecule has 2 heterocycles. The zero-order valence-electron chi connectivity index (χ0n) is 7.31. The molecule has 0 saturated heterocycles. The number of aromatic nitrogens is 1. The molecule has 2 nitrogen and oxygen atoms in total. The molecule has 0 aliphatic carbocycles. The van der Waals surface area contributed by atoms with E-state index < -0.39 is 0 Å². The molecular weight excluding hydrogens is 194 g/mol. The molecule has 0 fully saturated rings. The molecule has 0 radical (unpaired) electrons. The number of nitrogens with zero attached hydrogens (tertiary/aromatic N) is 1. The maximum Gasteiger partial charge on any atom is 0.263 e. The molecule has 2 aromatic heterocycles. The fraction of sp³-hybridized carbons (Fsp3) is 0. The lowest BCUT2D eigenvalue weighted by Gasteiger charge is -1.97. The number of thiazole rings is 1. The summed E-state index contributed by atoms with van der Waals surface area (Å²) in [6.45, 7) is 0. The molecule has 1 aromatic carbocycles. The number of hydrogen-bond donors (Lipinski definition) is 0. The monoisotopic (exact) mass is 201 g/mol. The maximum absolute atomic E-state index is 11.9. The maximum atomic E-state index is 11.9. The Morgan fingerprint density at radius 2 is 2.07 bits per heavy atom. The third-order valence-electron chi connectivity index (χ3n) is 2.33. The van der Waals surface area contributed by atoms with Gasteiger partial charge in [-0.2, -0.15) is 0 Å². The largest absolute Gasteiger partial charge is 0.274 e. The summed E-state index contributed by atoms with van der Waals surface area (Å²) in [6.07, 6.45) is 1.81. The lowest BCUT2D eigenvalue weighted by molar-refractivity contribution is 1.15. The van der Waals surface area contributed by atoms with Crippen molar-refractivity contribution in [3.8, 4) is 0 Å². The molecule has 0 spiro atoms. The Morgan fingerprint density at radius 3 is 3.00 bits per heavy atom. The van der Waals surface area contributed by atoms with Crippen molar-refractivity contribution >= 4 is 26.9 Å². The quantitative estimate of drug-likeness (QED) is 0.547. The van der Waals surface area contributed by atoms with Crippen LogP contribution in [0.3, 0.4) is 0 Å². The summed E-state index contributed by atoms with van der Waals surface area (Å²) in [5.41, 5.74) is 0.0688. The smallest absolute Gasteiger partial charge is 0.263 e. The van der Waals surface area contributed by atoms with Crippen LogP contribution in [0.4, 0.5) is 0 Å². The lowest BCUT2D eigenvalue weighted by atomic mass is 10.2. The Kier molecular flexibility index (Phi) is 1.49. The van der Waals surface area contributed by atoms with Gasteiger partial charge in [0.15, 0.2) is 0 Å². The van der Waals surface area contributed by atoms with Crippen molar-refractivity contribution in [2.24, 2.45) is 0 Å². The van der Waals surface area contributed by atoms with E-state index in [0.717, 1.165) is 15.6 Å². The predicted molar refractivity (Wildman–Crippen MR) is 59.1 cm³/mol. The van der Waals surface area contributed by atoms with Crippen LogP contribution in [0, 0.1) is 0 Å². The molecule has 0 atom stereocenters. The fourth-order valence-corrected chi connectivity index (χ4v) is 2.42. The van der Waals surface area contributed by atoms with Gasteiger partial charge < -0.3 is 0 Å². The molecule has 3 rings (SSSR count). The Hall–Kier alpha value is -1.61. The van der Waals surface area contributed by atoms with Gasteiger partial charge in [-0.05, 0) is 17.5 Å². The summed E-state index contributed by atoms with van der Waals surface area (Å²) in [7, 11) is 0. The van der Waals surface area contributed by atoms with Gasteiger partial charge in [-0.15, -0.1) is 11.3 Å². The summed E-state index contributed by atoms with van der Waals surface area (Å²) in [6, 6.07) is 9.72. The summed E-state index contributed by atoms with van der Waals surface area (Å²) in [4.78, 5) is 12.9. The molecule has 3 aromatic rings. The highest BCUT2D eigenvalue weighted by atomic mass is 32.1. The van der Waals surface area contributed by atoms with Gasteiger partial charge >= 0.3 is 0 Å². The molecule has 0 aliphatic heterocycles. The lowest BCUT2D eigenvalue weighted by Crippen LogP contribution is -2.10. The van der Waals surface area contributed by atoms with Crippen molar-refractivity contribution in [2.45, 2.75) is 0 Å². The minimum atomic E-state index is 0.0688. The predicted octanol–water partition coefficient (Wildman–Crippen LogP) is 2.51. The SMILES string of the molecule is O=c1c2ccccc2cc2sccn12. The minimum Gasteiger partial charge on any atom is -0.274 e. The molecule has 0 aliphatic rings. The van der Waals surface area contributed by atoms with E-state index in [0.29, 0.717) is 0 Å². The first kappa shape index (κ1) is 7.76. The van der Waals surface area contributed by atoms with Gasteiger partial charge in [0.2, 0.25) is 0 Å². The van der Waals surface area contributed by atoms with E-state index in [1.165, 1.54) is 0 Å². The van der Waals surface area contributed by atoms with Crippen LogP contribution in [0.25, 0.3) is 15.6 Å². The Bertz CT molecular complexity index is 665. The zero-order chi connectivity index (χ0) is 9.54. The van der Waals surface area contributed by atoms with E-state index >= 15 is 0 Å². The highest BCUT2D eigenvalue weighted by molar-refractivity contribution is 7.15. The van der Waals surface area contributed by atoms with Crippen LogP contribution in [-0.2, 0) is 0 Å². The van der Waals surface area contributed by atoms with Crippen LogP contribution in [0.15, 0.2) is 46.7 Å². The first-order valence-electron chi connectivity index (χ1n) is 4.34. The second-order valence-electron chi connectivity index (χ2n) is 3.15. The first-order chi connectivity index (χ1) is 6.86. The van der Waals surface area contributed by atoms with Gasteiger partial charge in [-0.3, -0.25) is 9.20 Å². The first-order valence-corrected chi connectivity index (χ1v) is 5.22. The summed E-state index contributed by atoms with van der Waals surface area (Å²) in [5.74, 6) is 0. The second-order valence-corrected chi connectivity index (χ2v) is 4.07. The third kappa shape index (κ3) is 0.930. The average Bonchev–Trinajstić information content (AvgIpc) is 2.66. The van der Waals surface area contributed by atoms with Crippen molar-refractivity contribution in [1.82, 2.24) is 4.40 Å². The second kappa shape index (κ2) is 2.69. The molecule has 0 N–H and O–H groups in total. The standard InChI is InChI=1S/C11H7NOS/c13-11-9-4-2-1-3-8(9)7-10-12(11)5-6-14-10/h1-7H. The number of hydrogen-bond acceptors (Lipinski definition) is 2. The number of fused-ring (bicyclic) bond motifs is 2. The number of pyridine rings is 1. The average molecular weight is 201 g/mol. The van der Waals surface area contributed by atoms with Crippen molar-refractivity contribution < 1.29 is 0 Å². The summed E-state index contributed by atoms with van der Waals surface area (Å²) < 4.78 is 1.69. The highest BCUT2D eigenvalue weighted by Crippen LogP contribution is 2.16. The summed E-state index contributed by atoms with van der Waals surface area (Å²) >= 11 is 1.58. The van der Waals surface area contributed by atoms with Gasteiger partial charge in [0.05, 0.1) is 0 Å². The van der Waals surface area contributed by atoms with Crippen LogP contribution in [0.2, 0.25) is 0 Å². The van der Waals surface area contributed by atoms with Gasteiger partial charge in [-0.25, -0.2) is 0 Å². The van der Waals surface area contributed by atoms with Crippen LogP contribution in [0.1, 0.15) is 0 Å². The van der Waals surface area contributed by atoms with Crippen LogP contribution >= 0.6 is 11.3 Å². The van der Waals surface area contributed by atoms with E-state index in [4.69, 9.17) is 0 Å². The normalized spacial score (nSPS) is 11.1. The molecule has 0 amide bonds. The highest BCUT2D eigenvalue weighted by Gasteiger charge is 2.02. The Labute approximate surface area is 84.0 Å². The summed E-state index contributed by atoms with van der Waals surface area (Å²) in [5, 5.41) is 3.72. The Balaban J connectivity index is 2.70. The third-order valence-corrected chi connectivity index (χ3v) is 3.14. The van der Waals surface area contributed by atoms with Gasteiger partial charge in [-0.1, -0.05) is 18.2 Å².